The van der Waals surface area contributed by atoms with Crippen molar-refractivity contribution in [2.45, 2.75) is 286 Å². The van der Waals surface area contributed by atoms with Crippen LogP contribution in [0.25, 0.3) is 0 Å². The minimum atomic E-state index is -0.541. The van der Waals surface area contributed by atoms with Crippen molar-refractivity contribution in [2.24, 2.45) is 17.8 Å². The SMILES string of the molecule is CCC(C)C=O.CCCCCCCCOC(=O)CC(CC(=O)OCCCCCCCC)CC(=O)OCC1CC(CC)N1C(C)=O.CCCCCCCCOC(=O)CC(CC)CC(=O)OCCCCCCCC. The van der Waals surface area contributed by atoms with Crippen molar-refractivity contribution in [1.29, 1.82) is 0 Å². The second kappa shape index (κ2) is 51.0. The minimum Gasteiger partial charge on any atom is -0.466 e. The fourth-order valence-corrected chi connectivity index (χ4v) is 8.34. The zero-order valence-electron chi connectivity index (χ0n) is 47.7. The van der Waals surface area contributed by atoms with Crippen LogP contribution in [0.3, 0.4) is 0 Å². The van der Waals surface area contributed by atoms with Crippen molar-refractivity contribution in [1.82, 2.24) is 4.90 Å². The molecule has 1 amide bonds. The van der Waals surface area contributed by atoms with Crippen LogP contribution in [-0.2, 0) is 57.2 Å². The number of unbranched alkanes of at least 4 members (excludes halogenated alkanes) is 20. The van der Waals surface area contributed by atoms with E-state index in [0.29, 0.717) is 39.3 Å². The van der Waals surface area contributed by atoms with Crippen molar-refractivity contribution < 1.29 is 57.2 Å². The maximum absolute atomic E-state index is 12.6. The van der Waals surface area contributed by atoms with Gasteiger partial charge in [0.05, 0.1) is 32.5 Å². The molecule has 1 fully saturated rings. The van der Waals surface area contributed by atoms with E-state index in [2.05, 4.69) is 27.7 Å². The van der Waals surface area contributed by atoms with Crippen LogP contribution in [0.15, 0.2) is 0 Å². The third kappa shape index (κ3) is 42.9. The van der Waals surface area contributed by atoms with Crippen LogP contribution in [0.2, 0.25) is 0 Å². The Morgan fingerprint density at radius 2 is 0.736 bits per heavy atom. The molecule has 0 aromatic carbocycles. The summed E-state index contributed by atoms with van der Waals surface area (Å²) in [4.78, 5) is 84.9. The molecular weight excluding hydrogens is 915 g/mol. The van der Waals surface area contributed by atoms with Gasteiger partial charge in [0.15, 0.2) is 0 Å². The number of carbonyl (C=O) groups excluding carboxylic acids is 7. The molecule has 1 heterocycles. The molecule has 13 nitrogen and oxygen atoms in total. The summed E-state index contributed by atoms with van der Waals surface area (Å²) in [7, 11) is 0. The molecular formula is C59H109NO12. The molecule has 0 saturated carbocycles. The molecule has 0 aromatic rings. The van der Waals surface area contributed by atoms with Crippen LogP contribution in [0.4, 0.5) is 0 Å². The van der Waals surface area contributed by atoms with E-state index in [1.165, 1.54) is 96.8 Å². The number of carbonyl (C=O) groups is 7. The van der Waals surface area contributed by atoms with Crippen LogP contribution in [-0.4, -0.2) is 92.1 Å². The van der Waals surface area contributed by atoms with Crippen molar-refractivity contribution in [3.63, 3.8) is 0 Å². The van der Waals surface area contributed by atoms with E-state index in [-0.39, 0.29) is 67.6 Å². The maximum Gasteiger partial charge on any atom is 0.306 e. The molecule has 1 saturated heterocycles. The van der Waals surface area contributed by atoms with Crippen LogP contribution in [0, 0.1) is 17.8 Å². The zero-order chi connectivity index (χ0) is 54.0. The lowest BCUT2D eigenvalue weighted by Crippen LogP contribution is -2.59. The highest BCUT2D eigenvalue weighted by atomic mass is 16.5. The van der Waals surface area contributed by atoms with Gasteiger partial charge in [-0.05, 0) is 56.8 Å². The highest BCUT2D eigenvalue weighted by Crippen LogP contribution is 2.29. The number of aldehydes is 1. The first-order chi connectivity index (χ1) is 34.8. The van der Waals surface area contributed by atoms with Gasteiger partial charge in [-0.15, -0.1) is 0 Å². The Balaban J connectivity index is 0. The van der Waals surface area contributed by atoms with Crippen molar-refractivity contribution in [3.8, 4) is 0 Å². The number of likely N-dealkylation sites (tertiary alicyclic amines) is 1. The normalized spacial score (nSPS) is 14.2. The fourth-order valence-electron chi connectivity index (χ4n) is 8.34. The molecule has 0 aliphatic carbocycles. The highest BCUT2D eigenvalue weighted by Gasteiger charge is 2.39. The van der Waals surface area contributed by atoms with E-state index in [1.807, 2.05) is 27.7 Å². The van der Waals surface area contributed by atoms with Crippen molar-refractivity contribution in [3.05, 3.63) is 0 Å². The van der Waals surface area contributed by atoms with E-state index in [9.17, 15) is 33.6 Å². The molecule has 1 rings (SSSR count). The van der Waals surface area contributed by atoms with Gasteiger partial charge >= 0.3 is 29.8 Å². The number of esters is 5. The quantitative estimate of drug-likeness (QED) is 0.0245. The lowest BCUT2D eigenvalue weighted by atomic mass is 9.91. The summed E-state index contributed by atoms with van der Waals surface area (Å²) in [5.74, 6) is -1.93. The topological polar surface area (TPSA) is 169 Å². The first-order valence-electron chi connectivity index (χ1n) is 29.3. The molecule has 0 spiro atoms. The molecule has 1 aliphatic heterocycles. The van der Waals surface area contributed by atoms with Gasteiger partial charge < -0.3 is 33.4 Å². The molecule has 422 valence electrons. The average Bonchev–Trinajstić information content (AvgIpc) is 3.34. The Labute approximate surface area is 439 Å². The van der Waals surface area contributed by atoms with Gasteiger partial charge in [-0.1, -0.05) is 190 Å². The summed E-state index contributed by atoms with van der Waals surface area (Å²) < 4.78 is 26.9. The van der Waals surface area contributed by atoms with E-state index in [4.69, 9.17) is 23.7 Å². The zero-order valence-corrected chi connectivity index (χ0v) is 47.7. The summed E-state index contributed by atoms with van der Waals surface area (Å²) in [6, 6.07) is 0.0845. The Bertz CT molecular complexity index is 1290. The number of ether oxygens (including phenoxy) is 5. The van der Waals surface area contributed by atoms with Gasteiger partial charge in [0, 0.05) is 51.0 Å². The van der Waals surface area contributed by atoms with Crippen molar-refractivity contribution >= 4 is 42.0 Å². The largest absolute Gasteiger partial charge is 0.466 e. The molecule has 0 aromatic heterocycles. The van der Waals surface area contributed by atoms with Crippen LogP contribution >= 0.6 is 0 Å². The lowest BCUT2D eigenvalue weighted by molar-refractivity contribution is -0.158. The summed E-state index contributed by atoms with van der Waals surface area (Å²) in [6.45, 7) is 20.1. The number of hydrogen-bond donors (Lipinski definition) is 0. The predicted octanol–water partition coefficient (Wildman–Crippen LogP) is 14.4. The van der Waals surface area contributed by atoms with Crippen molar-refractivity contribution in [2.75, 3.05) is 33.0 Å². The predicted molar refractivity (Wildman–Crippen MR) is 289 cm³/mol. The molecule has 72 heavy (non-hydrogen) atoms. The third-order valence-corrected chi connectivity index (χ3v) is 13.4. The van der Waals surface area contributed by atoms with E-state index >= 15 is 0 Å². The molecule has 0 N–H and O–H groups in total. The van der Waals surface area contributed by atoms with Gasteiger partial charge in [0.25, 0.3) is 0 Å². The summed E-state index contributed by atoms with van der Waals surface area (Å²) in [5.41, 5.74) is 0. The number of amides is 1. The number of hydrogen-bond acceptors (Lipinski definition) is 12. The van der Waals surface area contributed by atoms with Gasteiger partial charge in [-0.25, -0.2) is 0 Å². The summed E-state index contributed by atoms with van der Waals surface area (Å²) in [6.07, 6.45) is 32.2. The molecule has 1 aliphatic rings. The van der Waals surface area contributed by atoms with Crippen LogP contribution < -0.4 is 0 Å². The Hall–Kier alpha value is -3.51. The van der Waals surface area contributed by atoms with Gasteiger partial charge in [0.1, 0.15) is 12.9 Å². The van der Waals surface area contributed by atoms with E-state index < -0.39 is 23.8 Å². The summed E-state index contributed by atoms with van der Waals surface area (Å²) >= 11 is 0. The first-order valence-corrected chi connectivity index (χ1v) is 29.3. The molecule has 13 heteroatoms. The standard InChI is InChI=1S/C31H55NO7.C23H44O4.C5H10O/c1-5-8-10-12-14-16-18-37-29(34)20-26(21-30(35)38-19-17-15-13-11-9-6-2)22-31(36)39-24-28-23-27(7-3)32(28)25(4)33;1-4-7-9-11-13-15-17-26-22(24)19-21(6-3)20-23(25)27-18-16-14-12-10-8-5-2;1-3-5(2)4-6/h26-28H,5-24H2,1-4H3;21H,4-20H2,1-3H3;4-5H,3H2,1-2H3. The smallest absolute Gasteiger partial charge is 0.306 e. The monoisotopic (exact) mass is 1020 g/mol. The minimum absolute atomic E-state index is 0.0201. The maximum atomic E-state index is 12.6. The van der Waals surface area contributed by atoms with Gasteiger partial charge in [-0.3, -0.25) is 28.8 Å². The van der Waals surface area contributed by atoms with Crippen LogP contribution in [0.1, 0.15) is 274 Å². The van der Waals surface area contributed by atoms with E-state index in [0.717, 1.165) is 96.2 Å². The van der Waals surface area contributed by atoms with E-state index in [1.54, 1.807) is 4.90 Å². The lowest BCUT2D eigenvalue weighted by Gasteiger charge is -2.47. The summed E-state index contributed by atoms with van der Waals surface area (Å²) in [5, 5.41) is 0. The second-order valence-electron chi connectivity index (χ2n) is 20.2. The first kappa shape index (κ1) is 70.6. The molecule has 3 atom stereocenters. The van der Waals surface area contributed by atoms with Gasteiger partial charge in [-0.2, -0.15) is 0 Å². The Morgan fingerprint density at radius 1 is 0.431 bits per heavy atom. The Morgan fingerprint density at radius 3 is 1.00 bits per heavy atom. The molecule has 0 radical (unpaired) electrons. The fraction of sp³-hybridized carbons (Fsp3) is 0.881. The third-order valence-electron chi connectivity index (χ3n) is 13.4. The second-order valence-corrected chi connectivity index (χ2v) is 20.2. The average molecular weight is 1020 g/mol. The van der Waals surface area contributed by atoms with Gasteiger partial charge in [0.2, 0.25) is 5.91 Å². The number of nitrogens with zero attached hydrogens (tertiary/aromatic N) is 1. The molecule has 0 bridgehead atoms. The number of rotatable bonds is 44. The Kier molecular flexibility index (Phi) is 50.0. The van der Waals surface area contributed by atoms with Crippen LogP contribution in [0.5, 0.6) is 0 Å². The highest BCUT2D eigenvalue weighted by molar-refractivity contribution is 5.77. The molecule has 3 unspecified atom stereocenters.